The van der Waals surface area contributed by atoms with E-state index in [0.717, 1.165) is 0 Å². The van der Waals surface area contributed by atoms with E-state index in [1.165, 1.54) is 24.8 Å². The van der Waals surface area contributed by atoms with Crippen LogP contribution in [0.25, 0.3) is 0 Å². The average Bonchev–Trinajstić information content (AvgIpc) is 2.97. The maximum absolute atomic E-state index is 13.2. The second-order valence-corrected chi connectivity index (χ2v) is 12.3. The predicted molar refractivity (Wildman–Crippen MR) is 167 cm³/mol. The molecule has 0 saturated carbocycles. The molecule has 0 bridgehead atoms. The third-order valence-electron chi connectivity index (χ3n) is 8.51. The van der Waals surface area contributed by atoms with Crippen LogP contribution in [0.5, 0.6) is 0 Å². The lowest BCUT2D eigenvalue weighted by Crippen LogP contribution is -2.47. The van der Waals surface area contributed by atoms with Crippen molar-refractivity contribution in [3.63, 3.8) is 0 Å². The van der Waals surface area contributed by atoms with Gasteiger partial charge in [0.1, 0.15) is 6.10 Å². The number of hydrogen-bond acceptors (Lipinski definition) is 9. The SMILES string of the molecule is C=CC=C[C@H](C)[C@H](OC(N)=O)[C@@H](C)[C@H](O)[C@@H](C)C(=O)N(C)CC(C)C(O)C(C)C=C[C@@H](O)C[C@H](O)[C@@H](C)[C@H](O)[C@@H](C)C(=O)O. The zero-order valence-corrected chi connectivity index (χ0v) is 27.4. The minimum Gasteiger partial charge on any atom is -0.481 e. The van der Waals surface area contributed by atoms with Crippen molar-refractivity contribution in [3.05, 3.63) is 37.0 Å². The first-order chi connectivity index (χ1) is 20.3. The van der Waals surface area contributed by atoms with Gasteiger partial charge in [-0.2, -0.15) is 0 Å². The lowest BCUT2D eigenvalue weighted by Gasteiger charge is -2.35. The summed E-state index contributed by atoms with van der Waals surface area (Å²) in [4.78, 5) is 37.2. The molecule has 0 aromatic rings. The highest BCUT2D eigenvalue weighted by Gasteiger charge is 2.37. The van der Waals surface area contributed by atoms with Gasteiger partial charge >= 0.3 is 12.1 Å². The minimum absolute atomic E-state index is 0.135. The normalized spacial score (nSPS) is 21.1. The number of carbonyl (C=O) groups is 3. The summed E-state index contributed by atoms with van der Waals surface area (Å²) in [6.45, 7) is 15.2. The summed E-state index contributed by atoms with van der Waals surface area (Å²) in [5, 5.41) is 61.9. The fourth-order valence-electron chi connectivity index (χ4n) is 5.27. The highest BCUT2D eigenvalue weighted by molar-refractivity contribution is 5.78. The zero-order valence-electron chi connectivity index (χ0n) is 27.4. The number of nitrogens with two attached hydrogens (primary N) is 1. The molecule has 2 amide bonds. The molecule has 44 heavy (non-hydrogen) atoms. The molecule has 12 nitrogen and oxygen atoms in total. The molecule has 8 N–H and O–H groups in total. The molecular weight excluding hydrogens is 572 g/mol. The number of carbonyl (C=O) groups excluding carboxylic acids is 2. The maximum Gasteiger partial charge on any atom is 0.404 e. The van der Waals surface area contributed by atoms with E-state index in [1.807, 2.05) is 0 Å². The van der Waals surface area contributed by atoms with Crippen LogP contribution in [0.1, 0.15) is 54.9 Å². The van der Waals surface area contributed by atoms with Crippen molar-refractivity contribution < 1.29 is 49.8 Å². The van der Waals surface area contributed by atoms with Gasteiger partial charge in [-0.1, -0.05) is 78.5 Å². The highest BCUT2D eigenvalue weighted by atomic mass is 16.6. The Hall–Kier alpha value is -2.77. The quantitative estimate of drug-likeness (QED) is 0.0769. The number of allylic oxidation sites excluding steroid dienone is 2. The van der Waals surface area contributed by atoms with Crippen molar-refractivity contribution in [2.75, 3.05) is 13.6 Å². The molecular formula is C32H56N2O10. The van der Waals surface area contributed by atoms with Gasteiger partial charge in [0.25, 0.3) is 0 Å². The monoisotopic (exact) mass is 628 g/mol. The van der Waals surface area contributed by atoms with Gasteiger partial charge in [-0.15, -0.1) is 0 Å². The van der Waals surface area contributed by atoms with Gasteiger partial charge in [0.05, 0.1) is 42.4 Å². The third kappa shape index (κ3) is 13.1. The Kier molecular flexibility index (Phi) is 18.3. The van der Waals surface area contributed by atoms with Crippen molar-refractivity contribution in [1.82, 2.24) is 4.90 Å². The molecule has 0 aliphatic rings. The topological polar surface area (TPSA) is 211 Å². The molecule has 0 radical (unpaired) electrons. The van der Waals surface area contributed by atoms with Gasteiger partial charge < -0.3 is 46.0 Å². The van der Waals surface area contributed by atoms with E-state index in [0.29, 0.717) is 0 Å². The molecule has 254 valence electrons. The van der Waals surface area contributed by atoms with Crippen LogP contribution in [-0.2, 0) is 14.3 Å². The van der Waals surface area contributed by atoms with Gasteiger partial charge in [0.2, 0.25) is 5.91 Å². The van der Waals surface area contributed by atoms with E-state index in [1.54, 1.807) is 66.0 Å². The molecule has 13 atom stereocenters. The maximum atomic E-state index is 13.2. The first-order valence-corrected chi connectivity index (χ1v) is 15.1. The second kappa shape index (κ2) is 19.6. The summed E-state index contributed by atoms with van der Waals surface area (Å²) < 4.78 is 5.27. The van der Waals surface area contributed by atoms with Crippen molar-refractivity contribution in [1.29, 1.82) is 0 Å². The summed E-state index contributed by atoms with van der Waals surface area (Å²) >= 11 is 0. The second-order valence-electron chi connectivity index (χ2n) is 12.3. The van der Waals surface area contributed by atoms with Crippen LogP contribution < -0.4 is 5.73 Å². The molecule has 0 fully saturated rings. The summed E-state index contributed by atoms with van der Waals surface area (Å²) in [5.41, 5.74) is 5.25. The summed E-state index contributed by atoms with van der Waals surface area (Å²) in [7, 11) is 1.57. The van der Waals surface area contributed by atoms with Crippen LogP contribution in [0, 0.1) is 41.4 Å². The largest absolute Gasteiger partial charge is 0.481 e. The number of aliphatic hydroxyl groups is 5. The Morgan fingerprint density at radius 1 is 0.818 bits per heavy atom. The number of rotatable bonds is 20. The number of hydrogen-bond donors (Lipinski definition) is 7. The van der Waals surface area contributed by atoms with Crippen LogP contribution in [0.4, 0.5) is 4.79 Å². The van der Waals surface area contributed by atoms with Crippen LogP contribution in [-0.4, -0.2) is 104 Å². The number of amides is 2. The van der Waals surface area contributed by atoms with Crippen LogP contribution in [0.3, 0.4) is 0 Å². The number of carboxylic acid groups (broad SMARTS) is 1. The number of aliphatic hydroxyl groups excluding tert-OH is 5. The third-order valence-corrected chi connectivity index (χ3v) is 8.51. The molecule has 0 aromatic heterocycles. The molecule has 0 spiro atoms. The Labute approximate surface area is 261 Å². The van der Waals surface area contributed by atoms with Gasteiger partial charge in [-0.3, -0.25) is 9.59 Å². The fourth-order valence-corrected chi connectivity index (χ4v) is 5.27. The van der Waals surface area contributed by atoms with Crippen LogP contribution >= 0.6 is 0 Å². The predicted octanol–water partition coefficient (Wildman–Crippen LogP) is 1.94. The molecule has 0 aromatic carbocycles. The van der Waals surface area contributed by atoms with E-state index < -0.39 is 84.2 Å². The van der Waals surface area contributed by atoms with E-state index in [9.17, 15) is 39.9 Å². The number of primary amides is 1. The van der Waals surface area contributed by atoms with Gasteiger partial charge in [0, 0.05) is 49.6 Å². The Morgan fingerprint density at radius 2 is 1.36 bits per heavy atom. The fraction of sp³-hybridized carbons (Fsp3) is 0.719. The first kappa shape index (κ1) is 41.2. The highest BCUT2D eigenvalue weighted by Crippen LogP contribution is 2.27. The lowest BCUT2D eigenvalue weighted by atomic mass is 9.83. The van der Waals surface area contributed by atoms with E-state index >= 15 is 0 Å². The molecule has 0 saturated heterocycles. The summed E-state index contributed by atoms with van der Waals surface area (Å²) in [6.07, 6.45) is 0.509. The number of carboxylic acids is 1. The Balaban J connectivity index is 5.23. The minimum atomic E-state index is -1.29. The van der Waals surface area contributed by atoms with Crippen molar-refractivity contribution in [2.45, 2.75) is 91.5 Å². The smallest absolute Gasteiger partial charge is 0.404 e. The first-order valence-electron chi connectivity index (χ1n) is 15.1. The molecule has 12 heteroatoms. The van der Waals surface area contributed by atoms with Crippen molar-refractivity contribution in [2.24, 2.45) is 47.2 Å². The number of nitrogens with zero attached hydrogens (tertiary/aromatic N) is 1. The molecule has 0 aliphatic heterocycles. The van der Waals surface area contributed by atoms with Gasteiger partial charge in [0.15, 0.2) is 0 Å². The Bertz CT molecular complexity index is 973. The van der Waals surface area contributed by atoms with Gasteiger partial charge in [-0.25, -0.2) is 4.79 Å². The van der Waals surface area contributed by atoms with Crippen LogP contribution in [0.2, 0.25) is 0 Å². The summed E-state index contributed by atoms with van der Waals surface area (Å²) in [5.74, 6) is -6.05. The Morgan fingerprint density at radius 3 is 1.86 bits per heavy atom. The molecule has 0 rings (SSSR count). The van der Waals surface area contributed by atoms with Crippen molar-refractivity contribution in [3.8, 4) is 0 Å². The molecule has 3 unspecified atom stereocenters. The van der Waals surface area contributed by atoms with E-state index in [4.69, 9.17) is 15.6 Å². The number of ether oxygens (including phenoxy) is 1. The average molecular weight is 629 g/mol. The lowest BCUT2D eigenvalue weighted by molar-refractivity contribution is -0.147. The molecule has 0 aliphatic carbocycles. The zero-order chi connectivity index (χ0) is 34.5. The van der Waals surface area contributed by atoms with Crippen molar-refractivity contribution >= 4 is 18.0 Å². The van der Waals surface area contributed by atoms with E-state index in [2.05, 4.69) is 6.58 Å². The van der Waals surface area contributed by atoms with E-state index in [-0.39, 0.29) is 24.8 Å². The number of aliphatic carboxylic acids is 1. The van der Waals surface area contributed by atoms with Crippen LogP contribution in [0.15, 0.2) is 37.0 Å². The standard InChI is InChI=1S/C32H56N2O10/c1-10-11-12-18(3)29(44-32(33)43)21(6)28(39)22(7)30(40)34(9)16-19(4)26(37)17(2)13-14-24(35)15-25(36)20(5)27(38)23(8)31(41)42/h10-14,17-29,35-39H,1,15-16H2,2-9H3,(H2,33,43)(H,41,42)/t17?,18-,19?,20+,21-,22+,23+,24+,25-,26?,27-,28-,29-/m0/s1. The summed E-state index contributed by atoms with van der Waals surface area (Å²) in [6, 6.07) is 0. The molecule has 0 heterocycles. The van der Waals surface area contributed by atoms with Gasteiger partial charge in [-0.05, 0) is 6.92 Å².